The predicted octanol–water partition coefficient (Wildman–Crippen LogP) is 3.87. The first kappa shape index (κ1) is 18.9. The summed E-state index contributed by atoms with van der Waals surface area (Å²) in [5.41, 5.74) is 6.41. The van der Waals surface area contributed by atoms with Crippen molar-refractivity contribution < 1.29 is 9.18 Å². The second-order valence-corrected chi connectivity index (χ2v) is 6.76. The van der Waals surface area contributed by atoms with E-state index in [1.54, 1.807) is 13.0 Å². The van der Waals surface area contributed by atoms with Crippen LogP contribution < -0.4 is 11.1 Å². The van der Waals surface area contributed by atoms with Crippen LogP contribution in [0.5, 0.6) is 0 Å². The first-order valence-corrected chi connectivity index (χ1v) is 7.94. The molecule has 1 heterocycles. The van der Waals surface area contributed by atoms with Crippen LogP contribution in [0.2, 0.25) is 0 Å². The summed E-state index contributed by atoms with van der Waals surface area (Å²) in [4.78, 5) is 13.0. The zero-order chi connectivity index (χ0) is 15.6. The fraction of sp³-hybridized carbons (Fsp3) is 0.438. The normalized spacial score (nSPS) is 12.3. The number of nitrogens with one attached hydrogen (secondary N) is 1. The third kappa shape index (κ3) is 3.97. The quantitative estimate of drug-likeness (QED) is 0.865. The van der Waals surface area contributed by atoms with E-state index in [0.717, 1.165) is 11.1 Å². The first-order chi connectivity index (χ1) is 9.93. The minimum absolute atomic E-state index is 0. The lowest BCUT2D eigenvalue weighted by atomic mass is 10.0. The van der Waals surface area contributed by atoms with E-state index >= 15 is 0 Å². The Hall–Kier alpha value is -1.17. The Kier molecular flexibility index (Phi) is 6.78. The van der Waals surface area contributed by atoms with E-state index in [1.165, 1.54) is 17.4 Å². The van der Waals surface area contributed by atoms with Crippen LogP contribution in [0.25, 0.3) is 10.1 Å². The number of carbonyl (C=O) groups excluding carboxylic acids is 1. The number of aryl methyl sites for hydroxylation is 1. The summed E-state index contributed by atoms with van der Waals surface area (Å²) < 4.78 is 14.7. The van der Waals surface area contributed by atoms with Gasteiger partial charge in [-0.15, -0.1) is 23.7 Å². The molecule has 0 bridgehead atoms. The van der Waals surface area contributed by atoms with Crippen LogP contribution in [0.1, 0.15) is 35.5 Å². The lowest BCUT2D eigenvalue weighted by Gasteiger charge is -2.18. The fourth-order valence-corrected chi connectivity index (χ4v) is 3.63. The maximum atomic E-state index is 13.9. The lowest BCUT2D eigenvalue weighted by Crippen LogP contribution is -2.40. The van der Waals surface area contributed by atoms with Crippen molar-refractivity contribution in [3.8, 4) is 0 Å². The van der Waals surface area contributed by atoms with Crippen molar-refractivity contribution in [2.75, 3.05) is 6.54 Å². The Labute approximate surface area is 140 Å². The van der Waals surface area contributed by atoms with Gasteiger partial charge in [0.2, 0.25) is 0 Å². The van der Waals surface area contributed by atoms with Crippen molar-refractivity contribution in [2.24, 2.45) is 11.7 Å². The van der Waals surface area contributed by atoms with Gasteiger partial charge in [-0.05, 0) is 37.0 Å². The maximum Gasteiger partial charge on any atom is 0.261 e. The molecule has 0 saturated carbocycles. The second-order valence-electron chi connectivity index (χ2n) is 5.70. The summed E-state index contributed by atoms with van der Waals surface area (Å²) in [6, 6.07) is 4.87. The van der Waals surface area contributed by atoms with Crippen LogP contribution in [0, 0.1) is 18.7 Å². The third-order valence-corrected chi connectivity index (χ3v) is 4.74. The molecule has 1 unspecified atom stereocenters. The summed E-state index contributed by atoms with van der Waals surface area (Å²) in [6.45, 7) is 6.38. The first-order valence-electron chi connectivity index (χ1n) is 7.12. The van der Waals surface area contributed by atoms with Gasteiger partial charge in [-0.25, -0.2) is 4.39 Å². The highest BCUT2D eigenvalue weighted by Gasteiger charge is 2.20. The number of carbonyl (C=O) groups is 1. The third-order valence-electron chi connectivity index (χ3n) is 3.48. The highest BCUT2D eigenvalue weighted by molar-refractivity contribution is 7.21. The van der Waals surface area contributed by atoms with Gasteiger partial charge in [-0.2, -0.15) is 0 Å². The lowest BCUT2D eigenvalue weighted by molar-refractivity contribution is 0.0937. The summed E-state index contributed by atoms with van der Waals surface area (Å²) in [5.74, 6) is 0.0156. The maximum absolute atomic E-state index is 13.9. The van der Waals surface area contributed by atoms with Crippen molar-refractivity contribution in [2.45, 2.75) is 33.2 Å². The molecule has 3 N–H and O–H groups in total. The molecule has 6 heteroatoms. The van der Waals surface area contributed by atoms with Crippen molar-refractivity contribution in [1.82, 2.24) is 5.32 Å². The summed E-state index contributed by atoms with van der Waals surface area (Å²) in [5, 5.41) is 3.50. The molecule has 0 aliphatic carbocycles. The van der Waals surface area contributed by atoms with Gasteiger partial charge in [0, 0.05) is 22.7 Å². The van der Waals surface area contributed by atoms with Gasteiger partial charge in [0.05, 0.1) is 4.88 Å². The standard InChI is InChI=1S/C16H21FN2OS.ClH/c1-9(2)7-11(8-18)19-16(20)15-10(3)14-12(17)5-4-6-13(14)21-15;/h4-6,9,11H,7-8,18H2,1-3H3,(H,19,20);1H. The van der Waals surface area contributed by atoms with Gasteiger partial charge >= 0.3 is 0 Å². The largest absolute Gasteiger partial charge is 0.347 e. The van der Waals surface area contributed by atoms with E-state index in [-0.39, 0.29) is 30.2 Å². The van der Waals surface area contributed by atoms with E-state index in [0.29, 0.717) is 28.3 Å². The monoisotopic (exact) mass is 344 g/mol. The number of rotatable bonds is 5. The minimum atomic E-state index is -0.280. The van der Waals surface area contributed by atoms with Gasteiger partial charge in [0.15, 0.2) is 0 Å². The van der Waals surface area contributed by atoms with E-state index in [4.69, 9.17) is 5.73 Å². The van der Waals surface area contributed by atoms with E-state index in [2.05, 4.69) is 19.2 Å². The molecule has 1 aromatic carbocycles. The van der Waals surface area contributed by atoms with E-state index in [9.17, 15) is 9.18 Å². The SMILES string of the molecule is Cc1c(C(=O)NC(CN)CC(C)C)sc2cccc(F)c12.Cl. The average Bonchev–Trinajstić information content (AvgIpc) is 2.76. The van der Waals surface area contributed by atoms with Gasteiger partial charge in [-0.3, -0.25) is 4.79 Å². The molecule has 3 nitrogen and oxygen atoms in total. The van der Waals surface area contributed by atoms with Gasteiger partial charge in [0.1, 0.15) is 5.82 Å². The number of hydrogen-bond acceptors (Lipinski definition) is 3. The molecule has 1 amide bonds. The number of nitrogens with two attached hydrogens (primary N) is 1. The van der Waals surface area contributed by atoms with Crippen LogP contribution in [-0.4, -0.2) is 18.5 Å². The van der Waals surface area contributed by atoms with Crippen molar-refractivity contribution in [3.05, 3.63) is 34.5 Å². The van der Waals surface area contributed by atoms with Crippen LogP contribution in [0.15, 0.2) is 18.2 Å². The highest BCUT2D eigenvalue weighted by atomic mass is 35.5. The topological polar surface area (TPSA) is 55.1 Å². The number of fused-ring (bicyclic) bond motifs is 1. The van der Waals surface area contributed by atoms with Crippen molar-refractivity contribution >= 4 is 39.7 Å². The van der Waals surface area contributed by atoms with Gasteiger partial charge in [-0.1, -0.05) is 19.9 Å². The van der Waals surface area contributed by atoms with Crippen LogP contribution in [0.4, 0.5) is 4.39 Å². The summed E-state index contributed by atoms with van der Waals surface area (Å²) >= 11 is 1.32. The van der Waals surface area contributed by atoms with E-state index in [1.807, 2.05) is 6.07 Å². The number of benzene rings is 1. The van der Waals surface area contributed by atoms with Crippen LogP contribution in [-0.2, 0) is 0 Å². The molecule has 0 radical (unpaired) electrons. The number of halogens is 2. The number of thiophene rings is 1. The minimum Gasteiger partial charge on any atom is -0.347 e. The van der Waals surface area contributed by atoms with Gasteiger partial charge < -0.3 is 11.1 Å². The Morgan fingerprint density at radius 3 is 2.64 bits per heavy atom. The number of amides is 1. The Morgan fingerprint density at radius 1 is 1.41 bits per heavy atom. The molecule has 0 spiro atoms. The molecule has 0 saturated heterocycles. The second kappa shape index (κ2) is 7.90. The molecule has 2 aromatic rings. The van der Waals surface area contributed by atoms with Crippen LogP contribution >= 0.6 is 23.7 Å². The Balaban J connectivity index is 0.00000242. The smallest absolute Gasteiger partial charge is 0.261 e. The molecule has 2 rings (SSSR count). The molecular formula is C16H22ClFN2OS. The molecule has 1 aromatic heterocycles. The molecule has 0 aliphatic heterocycles. The summed E-state index contributed by atoms with van der Waals surface area (Å²) in [6.07, 6.45) is 0.834. The molecule has 1 atom stereocenters. The van der Waals surface area contributed by atoms with Crippen molar-refractivity contribution in [3.63, 3.8) is 0 Å². The zero-order valence-corrected chi connectivity index (χ0v) is 14.6. The van der Waals surface area contributed by atoms with Gasteiger partial charge in [0.25, 0.3) is 5.91 Å². The Bertz CT molecular complexity index is 657. The average molecular weight is 345 g/mol. The zero-order valence-electron chi connectivity index (χ0n) is 13.0. The highest BCUT2D eigenvalue weighted by Crippen LogP contribution is 2.32. The van der Waals surface area contributed by atoms with E-state index < -0.39 is 0 Å². The fourth-order valence-electron chi connectivity index (χ4n) is 2.50. The molecule has 0 fully saturated rings. The Morgan fingerprint density at radius 2 is 2.09 bits per heavy atom. The number of hydrogen-bond donors (Lipinski definition) is 2. The molecule has 22 heavy (non-hydrogen) atoms. The predicted molar refractivity (Wildman–Crippen MR) is 93.5 cm³/mol. The molecular weight excluding hydrogens is 323 g/mol. The van der Waals surface area contributed by atoms with Crippen LogP contribution in [0.3, 0.4) is 0 Å². The molecule has 0 aliphatic rings. The summed E-state index contributed by atoms with van der Waals surface area (Å²) in [7, 11) is 0. The van der Waals surface area contributed by atoms with Crippen molar-refractivity contribution in [1.29, 1.82) is 0 Å². The molecule has 122 valence electrons.